The minimum atomic E-state index is -0.641. The Labute approximate surface area is 107 Å². The van der Waals surface area contributed by atoms with Crippen molar-refractivity contribution in [3.05, 3.63) is 26.7 Å². The fourth-order valence-corrected chi connectivity index (χ4v) is 2.54. The Morgan fingerprint density at radius 2 is 2.59 bits per heavy atom. The summed E-state index contributed by atoms with van der Waals surface area (Å²) >= 11 is 3.34. The minimum absolute atomic E-state index is 0.171. The molecule has 0 saturated heterocycles. The number of hydrogen-bond acceptors (Lipinski definition) is 6. The molecule has 1 aromatic rings. The number of rotatable bonds is 6. The molecular formula is C8H13N5O2S2. The van der Waals surface area contributed by atoms with Gasteiger partial charge in [-0.25, -0.2) is 15.1 Å². The van der Waals surface area contributed by atoms with Gasteiger partial charge in [-0.1, -0.05) is 5.43 Å². The molecular weight excluding hydrogens is 262 g/mol. The summed E-state index contributed by atoms with van der Waals surface area (Å²) in [5.74, 6) is 1.86. The zero-order valence-electron chi connectivity index (χ0n) is 9.25. The molecule has 0 radical (unpaired) electrons. The summed E-state index contributed by atoms with van der Waals surface area (Å²) in [6.07, 6.45) is 1.78. The molecule has 0 saturated carbocycles. The number of nitrogens with zero attached hydrogens (tertiary/aromatic N) is 3. The monoisotopic (exact) mass is 275 g/mol. The second-order valence-electron chi connectivity index (χ2n) is 2.85. The number of guanidine groups is 1. The summed E-state index contributed by atoms with van der Waals surface area (Å²) in [5, 5.41) is 15.4. The van der Waals surface area contributed by atoms with Crippen molar-refractivity contribution >= 4 is 29.1 Å². The molecule has 2 N–H and O–H groups in total. The Morgan fingerprint density at radius 3 is 3.18 bits per heavy atom. The Bertz CT molecular complexity index is 368. The van der Waals surface area contributed by atoms with Crippen molar-refractivity contribution in [2.45, 2.75) is 5.75 Å². The summed E-state index contributed by atoms with van der Waals surface area (Å²) in [7, 11) is 1.49. The fourth-order valence-electron chi connectivity index (χ4n) is 0.980. The van der Waals surface area contributed by atoms with Crippen LogP contribution in [-0.2, 0) is 5.75 Å². The lowest BCUT2D eigenvalue weighted by molar-refractivity contribution is -0.525. The number of aromatic nitrogens is 1. The summed E-state index contributed by atoms with van der Waals surface area (Å²) in [4.78, 5) is 18.0. The molecule has 0 amide bonds. The molecule has 0 aliphatic carbocycles. The normalized spacial score (nSPS) is 11.2. The van der Waals surface area contributed by atoms with Gasteiger partial charge in [0.15, 0.2) is 5.03 Å². The van der Waals surface area contributed by atoms with Gasteiger partial charge in [0, 0.05) is 36.7 Å². The van der Waals surface area contributed by atoms with Crippen LogP contribution >= 0.6 is 23.1 Å². The Kier molecular flexibility index (Phi) is 6.33. The number of hydrazine groups is 1. The molecule has 1 rings (SSSR count). The van der Waals surface area contributed by atoms with Gasteiger partial charge in [-0.3, -0.25) is 4.99 Å². The van der Waals surface area contributed by atoms with Crippen LogP contribution in [0, 0.1) is 10.1 Å². The molecule has 0 atom stereocenters. The first-order chi connectivity index (χ1) is 8.22. The summed E-state index contributed by atoms with van der Waals surface area (Å²) in [6, 6.07) is 0. The van der Waals surface area contributed by atoms with E-state index < -0.39 is 5.03 Å². The lowest BCUT2D eigenvalue weighted by Gasteiger charge is -2.05. The predicted octanol–water partition coefficient (Wildman–Crippen LogP) is 0.733. The highest BCUT2D eigenvalue weighted by Crippen LogP contribution is 2.13. The Morgan fingerprint density at radius 1 is 1.76 bits per heavy atom. The molecule has 0 aromatic carbocycles. The number of thiazole rings is 1. The van der Waals surface area contributed by atoms with Crippen molar-refractivity contribution in [2.75, 3.05) is 19.3 Å². The van der Waals surface area contributed by atoms with Gasteiger partial charge in [-0.05, 0) is 0 Å². The van der Waals surface area contributed by atoms with E-state index in [0.29, 0.717) is 6.54 Å². The van der Waals surface area contributed by atoms with Crippen LogP contribution in [0.25, 0.3) is 0 Å². The fraction of sp³-hybridized carbons (Fsp3) is 0.500. The molecule has 0 fully saturated rings. The van der Waals surface area contributed by atoms with Crippen LogP contribution in [0.5, 0.6) is 0 Å². The zero-order valence-corrected chi connectivity index (χ0v) is 10.9. The third-order valence-corrected chi connectivity index (χ3v) is 3.60. The van der Waals surface area contributed by atoms with E-state index in [1.165, 1.54) is 7.05 Å². The van der Waals surface area contributed by atoms with Crippen LogP contribution in [0.1, 0.15) is 5.01 Å². The van der Waals surface area contributed by atoms with Gasteiger partial charge < -0.3 is 5.32 Å². The van der Waals surface area contributed by atoms with Gasteiger partial charge in [-0.15, -0.1) is 11.3 Å². The van der Waals surface area contributed by atoms with E-state index in [9.17, 15) is 10.1 Å². The number of hydrogen-bond donors (Lipinski definition) is 2. The van der Waals surface area contributed by atoms with Gasteiger partial charge in [0.25, 0.3) is 5.96 Å². The van der Waals surface area contributed by atoms with E-state index in [2.05, 4.69) is 15.3 Å². The summed E-state index contributed by atoms with van der Waals surface area (Å²) in [6.45, 7) is 0.615. The van der Waals surface area contributed by atoms with Crippen LogP contribution in [-0.4, -0.2) is 35.3 Å². The topological polar surface area (TPSA) is 92.5 Å². The van der Waals surface area contributed by atoms with E-state index in [1.54, 1.807) is 29.3 Å². The first kappa shape index (κ1) is 13.7. The van der Waals surface area contributed by atoms with E-state index in [-0.39, 0.29) is 5.96 Å². The molecule has 7 nitrogen and oxygen atoms in total. The molecule has 94 valence electrons. The lowest BCUT2D eigenvalue weighted by atomic mass is 10.7. The zero-order chi connectivity index (χ0) is 12.5. The molecule has 0 unspecified atom stereocenters. The average molecular weight is 275 g/mol. The average Bonchev–Trinajstić information content (AvgIpc) is 2.79. The van der Waals surface area contributed by atoms with Gasteiger partial charge in [-0.2, -0.15) is 11.8 Å². The van der Waals surface area contributed by atoms with Crippen LogP contribution in [0.15, 0.2) is 16.6 Å². The summed E-state index contributed by atoms with van der Waals surface area (Å²) in [5.41, 5.74) is 1.98. The molecule has 0 bridgehead atoms. The van der Waals surface area contributed by atoms with E-state index >= 15 is 0 Å². The highest BCUT2D eigenvalue weighted by molar-refractivity contribution is 7.98. The number of nitro groups is 1. The van der Waals surface area contributed by atoms with Crippen LogP contribution < -0.4 is 10.7 Å². The van der Waals surface area contributed by atoms with Gasteiger partial charge in [0.2, 0.25) is 0 Å². The quantitative estimate of drug-likeness (QED) is 0.261. The van der Waals surface area contributed by atoms with Crippen LogP contribution in [0.3, 0.4) is 0 Å². The molecule has 0 spiro atoms. The van der Waals surface area contributed by atoms with Crippen molar-refractivity contribution in [3.8, 4) is 0 Å². The highest BCUT2D eigenvalue weighted by Gasteiger charge is 2.02. The molecule has 0 aliphatic rings. The molecule has 1 aromatic heterocycles. The third kappa shape index (κ3) is 6.07. The first-order valence-electron chi connectivity index (χ1n) is 4.80. The minimum Gasteiger partial charge on any atom is -0.351 e. The second-order valence-corrected chi connectivity index (χ2v) is 4.93. The van der Waals surface area contributed by atoms with Crippen LogP contribution in [0.2, 0.25) is 0 Å². The number of nitrogens with one attached hydrogen (secondary N) is 2. The maximum Gasteiger partial charge on any atom is 0.254 e. The Hall–Kier alpha value is -1.35. The molecule has 17 heavy (non-hydrogen) atoms. The number of aliphatic imine (C=N–C) groups is 1. The SMILES string of the molecule is CN=C(NCCSCc1nccs1)N[N+](=O)[O-]. The smallest absolute Gasteiger partial charge is 0.254 e. The standard InChI is InChI=1S/C8H13N5O2S2/c1-9-8(12-13(14)15)11-2-4-16-6-7-10-3-5-17-7/h3,5H,2,4,6H2,1H3,(H2,9,11,12). The summed E-state index contributed by atoms with van der Waals surface area (Å²) < 4.78 is 0. The van der Waals surface area contributed by atoms with Crippen molar-refractivity contribution in [3.63, 3.8) is 0 Å². The third-order valence-electron chi connectivity index (χ3n) is 1.67. The largest absolute Gasteiger partial charge is 0.351 e. The van der Waals surface area contributed by atoms with Crippen molar-refractivity contribution < 1.29 is 5.03 Å². The van der Waals surface area contributed by atoms with Gasteiger partial charge in [0.05, 0.1) is 0 Å². The second kappa shape index (κ2) is 7.85. The molecule has 1 heterocycles. The van der Waals surface area contributed by atoms with E-state index in [1.807, 2.05) is 10.8 Å². The Balaban J connectivity index is 2.09. The van der Waals surface area contributed by atoms with Crippen molar-refractivity contribution in [1.82, 2.24) is 15.7 Å². The van der Waals surface area contributed by atoms with Crippen molar-refractivity contribution in [2.24, 2.45) is 4.99 Å². The maximum atomic E-state index is 10.2. The first-order valence-corrected chi connectivity index (χ1v) is 6.83. The van der Waals surface area contributed by atoms with Crippen molar-refractivity contribution in [1.29, 1.82) is 0 Å². The van der Waals surface area contributed by atoms with E-state index in [0.717, 1.165) is 16.5 Å². The lowest BCUT2D eigenvalue weighted by Crippen LogP contribution is -2.41. The maximum absolute atomic E-state index is 10.2. The highest BCUT2D eigenvalue weighted by atomic mass is 32.2. The molecule has 9 heteroatoms. The number of thioether (sulfide) groups is 1. The molecule has 0 aliphatic heterocycles. The predicted molar refractivity (Wildman–Crippen MR) is 69.8 cm³/mol. The van der Waals surface area contributed by atoms with Crippen LogP contribution in [0.4, 0.5) is 0 Å². The van der Waals surface area contributed by atoms with Gasteiger partial charge >= 0.3 is 0 Å². The van der Waals surface area contributed by atoms with E-state index in [4.69, 9.17) is 0 Å². The van der Waals surface area contributed by atoms with Gasteiger partial charge in [0.1, 0.15) is 5.01 Å².